The van der Waals surface area contributed by atoms with Crippen molar-refractivity contribution in [3.8, 4) is 0 Å². The van der Waals surface area contributed by atoms with E-state index in [2.05, 4.69) is 42.7 Å². The first-order chi connectivity index (χ1) is 6.88. The molecule has 14 heavy (non-hydrogen) atoms. The topological polar surface area (TPSA) is 12.0 Å². The third-order valence-electron chi connectivity index (χ3n) is 2.69. The molecule has 1 rings (SSSR count). The fourth-order valence-electron chi connectivity index (χ4n) is 1.82. The summed E-state index contributed by atoms with van der Waals surface area (Å²) >= 11 is 4.21. The predicted molar refractivity (Wildman–Crippen MR) is 70.5 cm³/mol. The lowest BCUT2D eigenvalue weighted by Crippen LogP contribution is -2.36. The fraction of sp³-hybridized carbons (Fsp3) is 1.00. The summed E-state index contributed by atoms with van der Waals surface area (Å²) < 4.78 is 0. The Balaban J connectivity index is 2.14. The van der Waals surface area contributed by atoms with Crippen molar-refractivity contribution in [3.63, 3.8) is 0 Å². The molecule has 0 aromatic heterocycles. The normalized spacial score (nSPS) is 27.0. The highest BCUT2D eigenvalue weighted by Crippen LogP contribution is 2.27. The van der Waals surface area contributed by atoms with E-state index in [4.69, 9.17) is 0 Å². The lowest BCUT2D eigenvalue weighted by atomic mass is 10.0. The molecule has 0 amide bonds. The van der Waals surface area contributed by atoms with Gasteiger partial charge in [-0.15, -0.1) is 0 Å². The summed E-state index contributed by atoms with van der Waals surface area (Å²) in [5.41, 5.74) is 0. The van der Waals surface area contributed by atoms with Crippen LogP contribution in [0.3, 0.4) is 0 Å². The van der Waals surface area contributed by atoms with Gasteiger partial charge in [0.05, 0.1) is 0 Å². The zero-order valence-electron chi connectivity index (χ0n) is 9.42. The highest BCUT2D eigenvalue weighted by atomic mass is 32.2. The van der Waals surface area contributed by atoms with Crippen LogP contribution in [0.25, 0.3) is 0 Å². The molecule has 2 unspecified atom stereocenters. The van der Waals surface area contributed by atoms with Crippen LogP contribution in [0.15, 0.2) is 0 Å². The van der Waals surface area contributed by atoms with Gasteiger partial charge in [-0.1, -0.05) is 13.8 Å². The smallest absolute Gasteiger partial charge is 0.0194 e. The Morgan fingerprint density at radius 1 is 1.36 bits per heavy atom. The van der Waals surface area contributed by atoms with Crippen molar-refractivity contribution >= 4 is 23.5 Å². The monoisotopic (exact) mass is 233 g/mol. The van der Waals surface area contributed by atoms with Crippen LogP contribution in [0, 0.1) is 5.92 Å². The van der Waals surface area contributed by atoms with Gasteiger partial charge in [-0.05, 0) is 42.6 Å². The van der Waals surface area contributed by atoms with Crippen molar-refractivity contribution in [2.75, 3.05) is 29.6 Å². The first-order valence-corrected chi connectivity index (χ1v) is 8.08. The molecule has 84 valence electrons. The van der Waals surface area contributed by atoms with Crippen molar-refractivity contribution in [2.45, 2.75) is 32.7 Å². The number of rotatable bonds is 7. The number of thioether (sulfide) groups is 2. The van der Waals surface area contributed by atoms with Crippen LogP contribution < -0.4 is 5.32 Å². The third-order valence-corrected chi connectivity index (χ3v) is 4.88. The molecule has 0 spiro atoms. The van der Waals surface area contributed by atoms with Gasteiger partial charge < -0.3 is 5.32 Å². The Bertz CT molecular complexity index is 141. The van der Waals surface area contributed by atoms with Crippen molar-refractivity contribution in [3.05, 3.63) is 0 Å². The van der Waals surface area contributed by atoms with Crippen molar-refractivity contribution < 1.29 is 0 Å². The molecule has 2 atom stereocenters. The molecule has 0 saturated carbocycles. The average Bonchev–Trinajstić information content (AvgIpc) is 2.63. The van der Waals surface area contributed by atoms with E-state index in [1.54, 1.807) is 0 Å². The number of hydrogen-bond acceptors (Lipinski definition) is 3. The van der Waals surface area contributed by atoms with Crippen molar-refractivity contribution in [2.24, 2.45) is 5.92 Å². The fourth-order valence-corrected chi connectivity index (χ4v) is 4.06. The average molecular weight is 233 g/mol. The van der Waals surface area contributed by atoms with E-state index in [9.17, 15) is 0 Å². The number of hydrogen-bond donors (Lipinski definition) is 1. The lowest BCUT2D eigenvalue weighted by Gasteiger charge is -2.19. The molecular formula is C11H23NS2. The maximum atomic E-state index is 3.68. The Morgan fingerprint density at radius 3 is 2.93 bits per heavy atom. The Hall–Kier alpha value is 0.660. The van der Waals surface area contributed by atoms with Crippen LogP contribution in [0.1, 0.15) is 26.7 Å². The summed E-state index contributed by atoms with van der Waals surface area (Å²) in [5, 5.41) is 3.68. The maximum Gasteiger partial charge on any atom is 0.0194 e. The summed E-state index contributed by atoms with van der Waals surface area (Å²) in [7, 11) is 0. The second-order valence-corrected chi connectivity index (χ2v) is 6.31. The molecule has 1 aliphatic heterocycles. The second kappa shape index (κ2) is 7.89. The summed E-state index contributed by atoms with van der Waals surface area (Å²) in [6, 6.07) is 0.803. The summed E-state index contributed by atoms with van der Waals surface area (Å²) in [5.74, 6) is 6.28. The van der Waals surface area contributed by atoms with Gasteiger partial charge in [-0.25, -0.2) is 0 Å². The van der Waals surface area contributed by atoms with Gasteiger partial charge in [0.2, 0.25) is 0 Å². The molecule has 1 heterocycles. The molecule has 0 aromatic carbocycles. The predicted octanol–water partition coefficient (Wildman–Crippen LogP) is 2.86. The van der Waals surface area contributed by atoms with E-state index in [0.717, 1.165) is 12.0 Å². The van der Waals surface area contributed by atoms with Gasteiger partial charge in [0.15, 0.2) is 0 Å². The molecule has 1 nitrogen and oxygen atoms in total. The Morgan fingerprint density at radius 2 is 2.21 bits per heavy atom. The van der Waals surface area contributed by atoms with Crippen LogP contribution in [-0.2, 0) is 0 Å². The van der Waals surface area contributed by atoms with Gasteiger partial charge in [-0.3, -0.25) is 0 Å². The minimum absolute atomic E-state index is 0.803. The first kappa shape index (κ1) is 12.7. The quantitative estimate of drug-likeness (QED) is 0.679. The van der Waals surface area contributed by atoms with E-state index in [1.165, 1.54) is 42.4 Å². The molecule has 1 saturated heterocycles. The summed E-state index contributed by atoms with van der Waals surface area (Å²) in [6.45, 7) is 5.70. The Labute approximate surface area is 97.2 Å². The molecule has 1 aliphatic rings. The Kier molecular flexibility index (Phi) is 7.17. The zero-order valence-corrected chi connectivity index (χ0v) is 11.1. The molecule has 1 N–H and O–H groups in total. The zero-order chi connectivity index (χ0) is 10.2. The second-order valence-electron chi connectivity index (χ2n) is 3.84. The van der Waals surface area contributed by atoms with Crippen molar-refractivity contribution in [1.29, 1.82) is 0 Å². The van der Waals surface area contributed by atoms with E-state index >= 15 is 0 Å². The minimum atomic E-state index is 0.803. The maximum absolute atomic E-state index is 3.68. The molecule has 1 fully saturated rings. The van der Waals surface area contributed by atoms with Crippen LogP contribution in [0.4, 0.5) is 0 Å². The van der Waals surface area contributed by atoms with Crippen LogP contribution >= 0.6 is 23.5 Å². The van der Waals surface area contributed by atoms with E-state index < -0.39 is 0 Å². The lowest BCUT2D eigenvalue weighted by molar-refractivity contribution is 0.420. The molecule has 0 aliphatic carbocycles. The third kappa shape index (κ3) is 4.45. The molecular weight excluding hydrogens is 210 g/mol. The highest BCUT2D eigenvalue weighted by molar-refractivity contribution is 7.99. The van der Waals surface area contributed by atoms with E-state index in [-0.39, 0.29) is 0 Å². The summed E-state index contributed by atoms with van der Waals surface area (Å²) in [6.07, 6.45) is 2.67. The number of nitrogens with one attached hydrogen (secondary N) is 1. The van der Waals surface area contributed by atoms with Gasteiger partial charge in [0.25, 0.3) is 0 Å². The highest BCUT2D eigenvalue weighted by Gasteiger charge is 2.26. The van der Waals surface area contributed by atoms with E-state index in [0.29, 0.717) is 0 Å². The molecule has 0 radical (unpaired) electrons. The molecule has 0 aromatic rings. The van der Waals surface area contributed by atoms with Crippen LogP contribution in [0.5, 0.6) is 0 Å². The first-order valence-electron chi connectivity index (χ1n) is 5.77. The van der Waals surface area contributed by atoms with Crippen LogP contribution in [0.2, 0.25) is 0 Å². The van der Waals surface area contributed by atoms with Gasteiger partial charge in [0, 0.05) is 11.8 Å². The molecule has 0 bridgehead atoms. The van der Waals surface area contributed by atoms with Crippen LogP contribution in [-0.4, -0.2) is 35.6 Å². The van der Waals surface area contributed by atoms with Crippen molar-refractivity contribution in [1.82, 2.24) is 5.32 Å². The SMILES string of the molecule is CCCNC1CSCC1CCSCC. The summed E-state index contributed by atoms with van der Waals surface area (Å²) in [4.78, 5) is 0. The molecule has 3 heteroatoms. The largest absolute Gasteiger partial charge is 0.313 e. The standard InChI is InChI=1S/C11H23NS2/c1-3-6-12-11-9-14-8-10(11)5-7-13-4-2/h10-12H,3-9H2,1-2H3. The van der Waals surface area contributed by atoms with Gasteiger partial charge in [-0.2, -0.15) is 23.5 Å². The van der Waals surface area contributed by atoms with Gasteiger partial charge in [0.1, 0.15) is 0 Å². The minimum Gasteiger partial charge on any atom is -0.313 e. The van der Waals surface area contributed by atoms with E-state index in [1.807, 2.05) is 0 Å². The van der Waals surface area contributed by atoms with Gasteiger partial charge >= 0.3 is 0 Å².